The average Bonchev–Trinajstić information content (AvgIpc) is 2.22. The molecule has 6 nitrogen and oxygen atoms in total. The van der Waals surface area contributed by atoms with E-state index in [0.29, 0.717) is 0 Å². The van der Waals surface area contributed by atoms with Gasteiger partial charge in [-0.05, 0) is 27.7 Å². The van der Waals surface area contributed by atoms with Gasteiger partial charge < -0.3 is 14.6 Å². The molecule has 0 aromatic rings. The largest absolute Gasteiger partial charge is 0.480 e. The van der Waals surface area contributed by atoms with Gasteiger partial charge in [0.2, 0.25) is 0 Å². The van der Waals surface area contributed by atoms with E-state index in [4.69, 9.17) is 9.47 Å². The van der Waals surface area contributed by atoms with E-state index in [9.17, 15) is 14.7 Å². The van der Waals surface area contributed by atoms with Crippen LogP contribution < -0.4 is 0 Å². The van der Waals surface area contributed by atoms with Gasteiger partial charge in [0, 0.05) is 27.2 Å². The van der Waals surface area contributed by atoms with Crippen molar-refractivity contribution < 1.29 is 24.2 Å². The summed E-state index contributed by atoms with van der Waals surface area (Å²) in [6, 6.07) is 0. The van der Waals surface area contributed by atoms with Gasteiger partial charge in [0.15, 0.2) is 0 Å². The lowest BCUT2D eigenvalue weighted by Crippen LogP contribution is -2.54. The van der Waals surface area contributed by atoms with E-state index in [1.807, 2.05) is 0 Å². The van der Waals surface area contributed by atoms with Gasteiger partial charge in [-0.3, -0.25) is 4.90 Å². The molecular formula is C12H23NO5. The van der Waals surface area contributed by atoms with Crippen LogP contribution in [0.5, 0.6) is 0 Å². The number of nitrogens with zero attached hydrogens (tertiary/aromatic N) is 1. The Balaban J connectivity index is 4.91. The van der Waals surface area contributed by atoms with Crippen LogP contribution in [0.2, 0.25) is 0 Å². The van der Waals surface area contributed by atoms with E-state index >= 15 is 0 Å². The number of carboxylic acid groups (broad SMARTS) is 1. The fourth-order valence-corrected chi connectivity index (χ4v) is 1.25. The van der Waals surface area contributed by atoms with Crippen LogP contribution in [0.15, 0.2) is 0 Å². The lowest BCUT2D eigenvalue weighted by atomic mass is 9.97. The molecule has 0 radical (unpaired) electrons. The standard InChI is InChI=1S/C12H23NO5/c1-11(2,3)18-10(16)13(5)12(4,9(14)15)7-8-17-6/h7-8H2,1-6H3,(H,14,15). The van der Waals surface area contributed by atoms with Gasteiger partial charge >= 0.3 is 12.1 Å². The van der Waals surface area contributed by atoms with Gasteiger partial charge in [0.25, 0.3) is 0 Å². The van der Waals surface area contributed by atoms with Gasteiger partial charge in [-0.25, -0.2) is 9.59 Å². The van der Waals surface area contributed by atoms with Gasteiger partial charge in [0.05, 0.1) is 0 Å². The van der Waals surface area contributed by atoms with Crippen molar-refractivity contribution >= 4 is 12.1 Å². The summed E-state index contributed by atoms with van der Waals surface area (Å²) >= 11 is 0. The second-order valence-electron chi connectivity index (χ2n) is 5.36. The van der Waals surface area contributed by atoms with E-state index in [2.05, 4.69) is 0 Å². The Kier molecular flexibility index (Phi) is 5.60. The van der Waals surface area contributed by atoms with Crippen molar-refractivity contribution in [2.24, 2.45) is 0 Å². The number of carboxylic acids is 1. The average molecular weight is 261 g/mol. The molecule has 1 amide bonds. The van der Waals surface area contributed by atoms with E-state index in [1.54, 1.807) is 20.8 Å². The van der Waals surface area contributed by atoms with E-state index in [1.165, 1.54) is 21.1 Å². The second kappa shape index (κ2) is 6.04. The summed E-state index contributed by atoms with van der Waals surface area (Å²) in [5.74, 6) is -1.09. The summed E-state index contributed by atoms with van der Waals surface area (Å²) in [7, 11) is 2.90. The zero-order chi connectivity index (χ0) is 14.6. The van der Waals surface area contributed by atoms with E-state index < -0.39 is 23.2 Å². The third-order valence-corrected chi connectivity index (χ3v) is 2.66. The molecule has 0 bridgehead atoms. The van der Waals surface area contributed by atoms with Gasteiger partial charge in [0.1, 0.15) is 11.1 Å². The molecule has 0 aliphatic carbocycles. The number of hydrogen-bond acceptors (Lipinski definition) is 4. The monoisotopic (exact) mass is 261 g/mol. The minimum absolute atomic E-state index is 0.189. The summed E-state index contributed by atoms with van der Waals surface area (Å²) in [6.07, 6.45) is -0.474. The van der Waals surface area contributed by atoms with Crippen molar-refractivity contribution in [1.29, 1.82) is 0 Å². The summed E-state index contributed by atoms with van der Waals surface area (Å²) in [5.41, 5.74) is -2.01. The third kappa shape index (κ3) is 4.52. The number of amides is 1. The molecule has 106 valence electrons. The highest BCUT2D eigenvalue weighted by Gasteiger charge is 2.41. The fourth-order valence-electron chi connectivity index (χ4n) is 1.25. The van der Waals surface area contributed by atoms with Crippen LogP contribution in [0, 0.1) is 0 Å². The van der Waals surface area contributed by atoms with Crippen LogP contribution in [0.3, 0.4) is 0 Å². The van der Waals surface area contributed by atoms with Crippen LogP contribution >= 0.6 is 0 Å². The Labute approximate surface area is 108 Å². The lowest BCUT2D eigenvalue weighted by Gasteiger charge is -2.35. The zero-order valence-electron chi connectivity index (χ0n) is 11.9. The summed E-state index contributed by atoms with van der Waals surface area (Å²) in [6.45, 7) is 6.90. The number of carbonyl (C=O) groups is 2. The first-order chi connectivity index (χ1) is 8.04. The summed E-state index contributed by atoms with van der Waals surface area (Å²) in [4.78, 5) is 24.3. The quantitative estimate of drug-likeness (QED) is 0.815. The Morgan fingerprint density at radius 1 is 1.22 bits per heavy atom. The van der Waals surface area contributed by atoms with Gasteiger partial charge in [-0.15, -0.1) is 0 Å². The molecule has 0 aromatic heterocycles. The molecule has 0 saturated carbocycles. The molecule has 6 heteroatoms. The number of hydrogen-bond donors (Lipinski definition) is 1. The normalized spacial score (nSPS) is 14.8. The molecule has 0 aliphatic heterocycles. The maximum absolute atomic E-state index is 11.9. The Morgan fingerprint density at radius 2 is 1.72 bits per heavy atom. The highest BCUT2D eigenvalue weighted by atomic mass is 16.6. The van der Waals surface area contributed by atoms with Crippen LogP contribution in [-0.2, 0) is 14.3 Å². The molecule has 0 spiro atoms. The number of carbonyl (C=O) groups excluding carboxylic acids is 1. The first-order valence-corrected chi connectivity index (χ1v) is 5.74. The molecule has 0 fully saturated rings. The highest BCUT2D eigenvalue weighted by Crippen LogP contribution is 2.21. The topological polar surface area (TPSA) is 76.1 Å². The Morgan fingerprint density at radius 3 is 2.06 bits per heavy atom. The molecule has 1 N–H and O–H groups in total. The molecule has 1 unspecified atom stereocenters. The maximum atomic E-state index is 11.9. The third-order valence-electron chi connectivity index (χ3n) is 2.66. The molecule has 18 heavy (non-hydrogen) atoms. The predicted molar refractivity (Wildman–Crippen MR) is 66.5 cm³/mol. The molecule has 1 atom stereocenters. The lowest BCUT2D eigenvalue weighted by molar-refractivity contribution is -0.150. The van der Waals surface area contributed by atoms with Crippen molar-refractivity contribution in [3.8, 4) is 0 Å². The predicted octanol–water partition coefficient (Wildman–Crippen LogP) is 1.73. The van der Waals surface area contributed by atoms with Crippen molar-refractivity contribution in [3.05, 3.63) is 0 Å². The fraction of sp³-hybridized carbons (Fsp3) is 0.833. The van der Waals surface area contributed by atoms with E-state index in [-0.39, 0.29) is 13.0 Å². The Hall–Kier alpha value is -1.30. The first kappa shape index (κ1) is 16.7. The number of aliphatic carboxylic acids is 1. The highest BCUT2D eigenvalue weighted by molar-refractivity contribution is 5.83. The SMILES string of the molecule is COCCC(C)(C(=O)O)N(C)C(=O)OC(C)(C)C. The molecule has 0 aliphatic rings. The molecule has 0 saturated heterocycles. The molecular weight excluding hydrogens is 238 g/mol. The van der Waals surface area contributed by atoms with Crippen molar-refractivity contribution in [1.82, 2.24) is 4.90 Å². The van der Waals surface area contributed by atoms with Crippen molar-refractivity contribution in [2.75, 3.05) is 20.8 Å². The maximum Gasteiger partial charge on any atom is 0.410 e. The second-order valence-corrected chi connectivity index (χ2v) is 5.36. The number of ether oxygens (including phenoxy) is 2. The zero-order valence-corrected chi connectivity index (χ0v) is 11.9. The minimum atomic E-state index is -1.35. The van der Waals surface area contributed by atoms with Crippen LogP contribution in [0.1, 0.15) is 34.1 Å². The Bertz CT molecular complexity index is 310. The number of likely N-dealkylation sites (N-methyl/N-ethyl adjacent to an activating group) is 1. The minimum Gasteiger partial charge on any atom is -0.480 e. The van der Waals surface area contributed by atoms with Crippen molar-refractivity contribution in [2.45, 2.75) is 45.3 Å². The smallest absolute Gasteiger partial charge is 0.410 e. The van der Waals surface area contributed by atoms with E-state index in [0.717, 1.165) is 4.90 Å². The molecule has 0 heterocycles. The summed E-state index contributed by atoms with van der Waals surface area (Å²) < 4.78 is 10.0. The number of methoxy groups -OCH3 is 1. The number of rotatable bonds is 5. The van der Waals surface area contributed by atoms with Crippen molar-refractivity contribution in [3.63, 3.8) is 0 Å². The van der Waals surface area contributed by atoms with Crippen LogP contribution in [-0.4, -0.2) is 54.0 Å². The first-order valence-electron chi connectivity index (χ1n) is 5.74. The van der Waals surface area contributed by atoms with Crippen LogP contribution in [0.4, 0.5) is 4.79 Å². The van der Waals surface area contributed by atoms with Gasteiger partial charge in [-0.1, -0.05) is 0 Å². The molecule has 0 rings (SSSR count). The van der Waals surface area contributed by atoms with Gasteiger partial charge in [-0.2, -0.15) is 0 Å². The van der Waals surface area contributed by atoms with Crippen LogP contribution in [0.25, 0.3) is 0 Å². The molecule has 0 aromatic carbocycles. The summed E-state index contributed by atoms with van der Waals surface area (Å²) in [5, 5.41) is 9.27.